The second kappa shape index (κ2) is 5.22. The minimum atomic E-state index is -0.411. The van der Waals surface area contributed by atoms with E-state index in [9.17, 15) is 8.78 Å². The molecule has 2 rings (SSSR count). The molecule has 0 aliphatic carbocycles. The fourth-order valence-electron chi connectivity index (χ4n) is 1.67. The van der Waals surface area contributed by atoms with Crippen LogP contribution in [0.5, 0.6) is 0 Å². The normalized spacial score (nSPS) is 12.7. The highest BCUT2D eigenvalue weighted by molar-refractivity contribution is 5.27. The summed E-state index contributed by atoms with van der Waals surface area (Å²) in [6.45, 7) is 3.72. The minimum absolute atomic E-state index is 0.303. The van der Waals surface area contributed by atoms with Gasteiger partial charge in [0.05, 0.1) is 6.54 Å². The van der Waals surface area contributed by atoms with E-state index in [0.717, 1.165) is 0 Å². The van der Waals surface area contributed by atoms with Crippen molar-refractivity contribution in [1.29, 1.82) is 0 Å². The van der Waals surface area contributed by atoms with Crippen LogP contribution in [-0.2, 0) is 6.54 Å². The average molecular weight is 252 g/mol. The second-order valence-corrected chi connectivity index (χ2v) is 4.16. The number of aromatic amines is 1. The molecule has 2 aromatic rings. The van der Waals surface area contributed by atoms with Gasteiger partial charge in [-0.05, 0) is 31.5 Å². The van der Waals surface area contributed by atoms with Gasteiger partial charge in [0.15, 0.2) is 0 Å². The van der Waals surface area contributed by atoms with Gasteiger partial charge in [0.2, 0.25) is 0 Å². The van der Waals surface area contributed by atoms with E-state index in [0.29, 0.717) is 23.5 Å². The molecule has 4 nitrogen and oxygen atoms in total. The van der Waals surface area contributed by atoms with Gasteiger partial charge in [-0.2, -0.15) is 5.10 Å². The van der Waals surface area contributed by atoms with Crippen molar-refractivity contribution in [3.05, 3.63) is 47.0 Å². The molecule has 1 aromatic heterocycles. The highest BCUT2D eigenvalue weighted by atomic mass is 19.1. The van der Waals surface area contributed by atoms with Gasteiger partial charge < -0.3 is 5.32 Å². The number of aryl methyl sites for hydroxylation is 1. The molecule has 0 radical (unpaired) electrons. The number of nitrogens with zero attached hydrogens (tertiary/aromatic N) is 2. The third-order valence-electron chi connectivity index (χ3n) is 2.79. The molecule has 2 N–H and O–H groups in total. The predicted octanol–water partition coefficient (Wildman–Crippen LogP) is 2.24. The van der Waals surface area contributed by atoms with Crippen LogP contribution < -0.4 is 5.32 Å². The SMILES string of the molecule is Cc1cc(F)c(C(C)NCc2ncn[nH]2)cc1F. The number of rotatable bonds is 4. The van der Waals surface area contributed by atoms with Crippen LogP contribution in [-0.4, -0.2) is 15.2 Å². The van der Waals surface area contributed by atoms with Crippen LogP contribution in [0.25, 0.3) is 0 Å². The van der Waals surface area contributed by atoms with E-state index < -0.39 is 11.6 Å². The van der Waals surface area contributed by atoms with E-state index in [4.69, 9.17) is 0 Å². The van der Waals surface area contributed by atoms with Gasteiger partial charge in [0.25, 0.3) is 0 Å². The first-order chi connectivity index (χ1) is 8.58. The van der Waals surface area contributed by atoms with Crippen molar-refractivity contribution in [2.75, 3.05) is 0 Å². The van der Waals surface area contributed by atoms with E-state index >= 15 is 0 Å². The molecule has 96 valence electrons. The molecule has 1 atom stereocenters. The molecule has 0 saturated heterocycles. The van der Waals surface area contributed by atoms with Crippen molar-refractivity contribution in [3.63, 3.8) is 0 Å². The van der Waals surface area contributed by atoms with Crippen molar-refractivity contribution in [3.8, 4) is 0 Å². The van der Waals surface area contributed by atoms with Crippen LogP contribution in [0.2, 0.25) is 0 Å². The number of hydrogen-bond acceptors (Lipinski definition) is 3. The third-order valence-corrected chi connectivity index (χ3v) is 2.79. The lowest BCUT2D eigenvalue weighted by Crippen LogP contribution is -2.20. The van der Waals surface area contributed by atoms with E-state index in [1.807, 2.05) is 0 Å². The number of benzene rings is 1. The van der Waals surface area contributed by atoms with Gasteiger partial charge in [-0.25, -0.2) is 13.8 Å². The summed E-state index contributed by atoms with van der Waals surface area (Å²) in [7, 11) is 0. The van der Waals surface area contributed by atoms with E-state index in [1.54, 1.807) is 6.92 Å². The molecule has 0 bridgehead atoms. The van der Waals surface area contributed by atoms with E-state index in [-0.39, 0.29) is 6.04 Å². The molecular formula is C12H14F2N4. The Bertz CT molecular complexity index is 525. The smallest absolute Gasteiger partial charge is 0.138 e. The van der Waals surface area contributed by atoms with Gasteiger partial charge in [-0.1, -0.05) is 0 Å². The zero-order valence-electron chi connectivity index (χ0n) is 10.2. The molecular weight excluding hydrogens is 238 g/mol. The summed E-state index contributed by atoms with van der Waals surface area (Å²) < 4.78 is 27.1. The van der Waals surface area contributed by atoms with Crippen molar-refractivity contribution in [1.82, 2.24) is 20.5 Å². The van der Waals surface area contributed by atoms with Crippen molar-refractivity contribution in [2.24, 2.45) is 0 Å². The van der Waals surface area contributed by atoms with Crippen LogP contribution >= 0.6 is 0 Å². The molecule has 6 heteroatoms. The Morgan fingerprint density at radius 3 is 2.78 bits per heavy atom. The van der Waals surface area contributed by atoms with Crippen LogP contribution in [0.15, 0.2) is 18.5 Å². The number of nitrogens with one attached hydrogen (secondary N) is 2. The van der Waals surface area contributed by atoms with Gasteiger partial charge in [0.1, 0.15) is 23.8 Å². The first-order valence-electron chi connectivity index (χ1n) is 5.61. The Labute approximate surface area is 103 Å². The molecule has 1 aromatic carbocycles. The van der Waals surface area contributed by atoms with Gasteiger partial charge >= 0.3 is 0 Å². The fourth-order valence-corrected chi connectivity index (χ4v) is 1.67. The maximum Gasteiger partial charge on any atom is 0.138 e. The first-order valence-corrected chi connectivity index (χ1v) is 5.61. The van der Waals surface area contributed by atoms with Crippen molar-refractivity contribution >= 4 is 0 Å². The number of hydrogen-bond donors (Lipinski definition) is 2. The Morgan fingerprint density at radius 2 is 2.11 bits per heavy atom. The van der Waals surface area contributed by atoms with E-state index in [1.165, 1.54) is 25.4 Å². The van der Waals surface area contributed by atoms with Gasteiger partial charge in [-0.3, -0.25) is 5.10 Å². The minimum Gasteiger partial charge on any atom is -0.303 e. The Morgan fingerprint density at radius 1 is 1.33 bits per heavy atom. The summed E-state index contributed by atoms with van der Waals surface area (Å²) in [5.41, 5.74) is 0.608. The highest BCUT2D eigenvalue weighted by Gasteiger charge is 2.13. The molecule has 18 heavy (non-hydrogen) atoms. The average Bonchev–Trinajstić information content (AvgIpc) is 2.84. The standard InChI is InChI=1S/C12H14F2N4/c1-7-3-11(14)9(4-10(7)13)8(2)15-5-12-16-6-17-18-12/h3-4,6,8,15H,5H2,1-2H3,(H,16,17,18). The summed E-state index contributed by atoms with van der Waals surface area (Å²) in [4.78, 5) is 3.94. The number of aromatic nitrogens is 3. The van der Waals surface area contributed by atoms with Crippen molar-refractivity contribution < 1.29 is 8.78 Å². The molecule has 0 aliphatic rings. The van der Waals surface area contributed by atoms with Crippen LogP contribution in [0.3, 0.4) is 0 Å². The Balaban J connectivity index is 2.09. The monoisotopic (exact) mass is 252 g/mol. The molecule has 1 unspecified atom stereocenters. The first kappa shape index (κ1) is 12.6. The largest absolute Gasteiger partial charge is 0.303 e. The van der Waals surface area contributed by atoms with Crippen LogP contribution in [0, 0.1) is 18.6 Å². The van der Waals surface area contributed by atoms with Gasteiger partial charge in [0, 0.05) is 11.6 Å². The Kier molecular flexibility index (Phi) is 3.66. The van der Waals surface area contributed by atoms with Crippen LogP contribution in [0.4, 0.5) is 8.78 Å². The fraction of sp³-hybridized carbons (Fsp3) is 0.333. The number of halogens is 2. The maximum absolute atomic E-state index is 13.7. The van der Waals surface area contributed by atoms with Crippen molar-refractivity contribution in [2.45, 2.75) is 26.4 Å². The second-order valence-electron chi connectivity index (χ2n) is 4.16. The molecule has 0 saturated carbocycles. The summed E-state index contributed by atoms with van der Waals surface area (Å²) in [5.74, 6) is -0.166. The highest BCUT2D eigenvalue weighted by Crippen LogP contribution is 2.20. The lowest BCUT2D eigenvalue weighted by Gasteiger charge is -2.15. The quantitative estimate of drug-likeness (QED) is 0.877. The third kappa shape index (κ3) is 2.70. The topological polar surface area (TPSA) is 53.6 Å². The van der Waals surface area contributed by atoms with Gasteiger partial charge in [-0.15, -0.1) is 0 Å². The number of H-pyrrole nitrogens is 1. The summed E-state index contributed by atoms with van der Waals surface area (Å²) >= 11 is 0. The molecule has 0 spiro atoms. The summed E-state index contributed by atoms with van der Waals surface area (Å²) in [6, 6.07) is 2.12. The van der Waals surface area contributed by atoms with E-state index in [2.05, 4.69) is 20.5 Å². The maximum atomic E-state index is 13.7. The summed E-state index contributed by atoms with van der Waals surface area (Å²) in [5, 5.41) is 9.44. The molecule has 0 aliphatic heterocycles. The predicted molar refractivity (Wildman–Crippen MR) is 62.7 cm³/mol. The lowest BCUT2D eigenvalue weighted by atomic mass is 10.1. The zero-order chi connectivity index (χ0) is 13.1. The lowest BCUT2D eigenvalue weighted by molar-refractivity contribution is 0.510. The zero-order valence-corrected chi connectivity index (χ0v) is 10.2. The Hall–Kier alpha value is -1.82. The molecule has 0 amide bonds. The van der Waals surface area contributed by atoms with Crippen LogP contribution in [0.1, 0.15) is 29.9 Å². The molecule has 1 heterocycles. The molecule has 0 fully saturated rings. The summed E-state index contributed by atoms with van der Waals surface area (Å²) in [6.07, 6.45) is 1.40.